The fraction of sp³-hybridized carbons (Fsp3) is 0.625. The van der Waals surface area contributed by atoms with Crippen molar-refractivity contribution in [3.05, 3.63) is 18.6 Å². The van der Waals surface area contributed by atoms with Crippen LogP contribution in [0.4, 0.5) is 10.6 Å². The van der Waals surface area contributed by atoms with E-state index in [1.54, 1.807) is 23.2 Å². The van der Waals surface area contributed by atoms with Crippen LogP contribution in [-0.4, -0.2) is 59.1 Å². The van der Waals surface area contributed by atoms with Crippen molar-refractivity contribution in [1.82, 2.24) is 19.4 Å². The Balaban J connectivity index is 1.99. The van der Waals surface area contributed by atoms with Crippen molar-refractivity contribution >= 4 is 17.5 Å². The predicted molar refractivity (Wildman–Crippen MR) is 89.7 cm³/mol. The highest BCUT2D eigenvalue weighted by molar-refractivity contribution is 6.02. The molecule has 22 heavy (non-hydrogen) atoms. The zero-order valence-electron chi connectivity index (χ0n) is 14.3. The lowest BCUT2D eigenvalue weighted by atomic mass is 10.1. The molecule has 0 saturated heterocycles. The van der Waals surface area contributed by atoms with Crippen molar-refractivity contribution < 1.29 is 4.79 Å². The summed E-state index contributed by atoms with van der Waals surface area (Å²) in [5.74, 6) is 0.690. The number of urea groups is 1. The van der Waals surface area contributed by atoms with Gasteiger partial charge in [0.2, 0.25) is 0 Å². The number of anilines is 1. The number of fused-ring (bicyclic) bond motifs is 1. The second-order valence-corrected chi connectivity index (χ2v) is 6.28. The van der Waals surface area contributed by atoms with Crippen LogP contribution in [0.25, 0.3) is 5.70 Å². The maximum atomic E-state index is 12.5. The molecule has 6 heteroatoms. The van der Waals surface area contributed by atoms with E-state index in [9.17, 15) is 4.79 Å². The first-order valence-electron chi connectivity index (χ1n) is 7.76. The summed E-state index contributed by atoms with van der Waals surface area (Å²) in [6.45, 7) is 7.03. The SMILES string of the molecule is C=C1c2c(ncn2C)N(C)C(=O)N1CCCC[C@@H](C)N(C)C. The molecule has 1 aliphatic rings. The van der Waals surface area contributed by atoms with Crippen molar-refractivity contribution in [2.24, 2.45) is 7.05 Å². The second kappa shape index (κ2) is 6.52. The van der Waals surface area contributed by atoms with Gasteiger partial charge in [-0.2, -0.15) is 0 Å². The number of carbonyl (C=O) groups is 1. The van der Waals surface area contributed by atoms with Gasteiger partial charge in [-0.05, 0) is 33.9 Å². The molecule has 6 nitrogen and oxygen atoms in total. The number of imidazole rings is 1. The zero-order chi connectivity index (χ0) is 16.4. The molecule has 1 aromatic heterocycles. The zero-order valence-corrected chi connectivity index (χ0v) is 14.3. The smallest absolute Gasteiger partial charge is 0.329 e. The molecule has 2 heterocycles. The molecule has 1 aromatic rings. The van der Waals surface area contributed by atoms with E-state index in [0.29, 0.717) is 18.4 Å². The van der Waals surface area contributed by atoms with E-state index in [-0.39, 0.29) is 6.03 Å². The van der Waals surface area contributed by atoms with Gasteiger partial charge >= 0.3 is 6.03 Å². The van der Waals surface area contributed by atoms with Gasteiger partial charge in [0, 0.05) is 26.7 Å². The average Bonchev–Trinajstić information content (AvgIpc) is 2.85. The summed E-state index contributed by atoms with van der Waals surface area (Å²) >= 11 is 0. The second-order valence-electron chi connectivity index (χ2n) is 6.28. The monoisotopic (exact) mass is 305 g/mol. The van der Waals surface area contributed by atoms with E-state index < -0.39 is 0 Å². The first-order chi connectivity index (χ1) is 10.3. The minimum Gasteiger partial charge on any atom is -0.331 e. The number of aromatic nitrogens is 2. The van der Waals surface area contributed by atoms with Gasteiger partial charge in [-0.1, -0.05) is 13.0 Å². The third-order valence-corrected chi connectivity index (χ3v) is 4.49. The molecule has 0 saturated carbocycles. The van der Waals surface area contributed by atoms with E-state index >= 15 is 0 Å². The lowest BCUT2D eigenvalue weighted by Gasteiger charge is -2.34. The van der Waals surface area contributed by atoms with Crippen LogP contribution < -0.4 is 4.90 Å². The maximum absolute atomic E-state index is 12.5. The highest BCUT2D eigenvalue weighted by atomic mass is 16.2. The number of hydrogen-bond donors (Lipinski definition) is 0. The number of unbranched alkanes of at least 4 members (excludes halogenated alkanes) is 1. The van der Waals surface area contributed by atoms with Crippen LogP contribution in [0.2, 0.25) is 0 Å². The molecule has 122 valence electrons. The molecule has 0 spiro atoms. The average molecular weight is 305 g/mol. The van der Waals surface area contributed by atoms with Crippen LogP contribution >= 0.6 is 0 Å². The Morgan fingerprint density at radius 1 is 1.32 bits per heavy atom. The molecule has 0 N–H and O–H groups in total. The molecular weight excluding hydrogens is 278 g/mol. The lowest BCUT2D eigenvalue weighted by molar-refractivity contribution is 0.222. The van der Waals surface area contributed by atoms with Crippen LogP contribution in [0.5, 0.6) is 0 Å². The fourth-order valence-electron chi connectivity index (χ4n) is 2.71. The lowest BCUT2D eigenvalue weighted by Crippen LogP contribution is -2.45. The first kappa shape index (κ1) is 16.5. The van der Waals surface area contributed by atoms with Crippen molar-refractivity contribution in [1.29, 1.82) is 0 Å². The van der Waals surface area contributed by atoms with E-state index in [0.717, 1.165) is 30.7 Å². The van der Waals surface area contributed by atoms with Crippen molar-refractivity contribution in [3.8, 4) is 0 Å². The Bertz CT molecular complexity index is 563. The van der Waals surface area contributed by atoms with Gasteiger partial charge in [-0.25, -0.2) is 9.78 Å². The molecular formula is C16H27N5O. The molecule has 2 amide bonds. The summed E-state index contributed by atoms with van der Waals surface area (Å²) in [5.41, 5.74) is 1.67. The molecule has 0 aliphatic carbocycles. The molecule has 0 fully saturated rings. The quantitative estimate of drug-likeness (QED) is 0.758. The van der Waals surface area contributed by atoms with Gasteiger partial charge in [-0.3, -0.25) is 9.80 Å². The summed E-state index contributed by atoms with van der Waals surface area (Å²) in [6, 6.07) is 0.517. The minimum atomic E-state index is -0.0446. The van der Waals surface area contributed by atoms with Gasteiger partial charge < -0.3 is 9.47 Å². The highest BCUT2D eigenvalue weighted by Crippen LogP contribution is 2.32. The summed E-state index contributed by atoms with van der Waals surface area (Å²) in [5, 5.41) is 0. The number of hydrogen-bond acceptors (Lipinski definition) is 3. The van der Waals surface area contributed by atoms with Crippen molar-refractivity contribution in [2.75, 3.05) is 32.6 Å². The summed E-state index contributed by atoms with van der Waals surface area (Å²) in [7, 11) is 7.89. The Morgan fingerprint density at radius 3 is 2.64 bits per heavy atom. The highest BCUT2D eigenvalue weighted by Gasteiger charge is 2.33. The van der Waals surface area contributed by atoms with Crippen molar-refractivity contribution in [2.45, 2.75) is 32.2 Å². The first-order valence-corrected chi connectivity index (χ1v) is 7.76. The molecule has 2 rings (SSSR count). The van der Waals surface area contributed by atoms with Gasteiger partial charge in [0.15, 0.2) is 5.82 Å². The summed E-state index contributed by atoms with van der Waals surface area (Å²) in [6.07, 6.45) is 4.93. The van der Waals surface area contributed by atoms with Gasteiger partial charge in [-0.15, -0.1) is 0 Å². The van der Waals surface area contributed by atoms with Crippen LogP contribution in [-0.2, 0) is 7.05 Å². The number of aryl methyl sites for hydroxylation is 1. The largest absolute Gasteiger partial charge is 0.331 e. The van der Waals surface area contributed by atoms with Crippen molar-refractivity contribution in [3.63, 3.8) is 0 Å². The van der Waals surface area contributed by atoms with Crippen LogP contribution in [0, 0.1) is 0 Å². The molecule has 0 radical (unpaired) electrons. The van der Waals surface area contributed by atoms with Gasteiger partial charge in [0.05, 0.1) is 12.0 Å². The topological polar surface area (TPSA) is 44.6 Å². The predicted octanol–water partition coefficient (Wildman–Crippen LogP) is 2.38. The van der Waals surface area contributed by atoms with E-state index in [1.165, 1.54) is 0 Å². The van der Waals surface area contributed by atoms with Gasteiger partial charge in [0.1, 0.15) is 5.69 Å². The third-order valence-electron chi connectivity index (χ3n) is 4.49. The van der Waals surface area contributed by atoms with E-state index in [1.807, 2.05) is 11.6 Å². The third kappa shape index (κ3) is 3.02. The fourth-order valence-corrected chi connectivity index (χ4v) is 2.71. The number of amides is 2. The van der Waals surface area contributed by atoms with Crippen LogP contribution in [0.1, 0.15) is 31.9 Å². The molecule has 0 unspecified atom stereocenters. The standard InChI is InChI=1S/C16H27N5O/c1-12(18(3)4)9-7-8-10-21-13(2)14-15(17-11-19(14)5)20(6)16(21)22/h11-12H,2,7-10H2,1,3-6H3/t12-/m1/s1. The Labute approximate surface area is 133 Å². The maximum Gasteiger partial charge on any atom is 0.329 e. The normalized spacial score (nSPS) is 16.5. The van der Waals surface area contributed by atoms with E-state index in [4.69, 9.17) is 0 Å². The van der Waals surface area contributed by atoms with Crippen LogP contribution in [0.3, 0.4) is 0 Å². The molecule has 0 aromatic carbocycles. The Hall–Kier alpha value is -1.82. The minimum absolute atomic E-state index is 0.0446. The number of rotatable bonds is 6. The number of nitrogens with zero attached hydrogens (tertiary/aromatic N) is 5. The Morgan fingerprint density at radius 2 is 2.00 bits per heavy atom. The summed E-state index contributed by atoms with van der Waals surface area (Å²) < 4.78 is 1.92. The van der Waals surface area contributed by atoms with Gasteiger partial charge in [0.25, 0.3) is 0 Å². The Kier molecular flexibility index (Phi) is 4.90. The molecule has 1 aliphatic heterocycles. The summed E-state index contributed by atoms with van der Waals surface area (Å²) in [4.78, 5) is 22.4. The van der Waals surface area contributed by atoms with E-state index in [2.05, 4.69) is 37.5 Å². The molecule has 1 atom stereocenters. The van der Waals surface area contributed by atoms with Crippen LogP contribution in [0.15, 0.2) is 12.9 Å². The molecule has 0 bridgehead atoms. The number of carbonyl (C=O) groups excluding carboxylic acids is 1.